The average molecular weight is 917 g/mol. The van der Waals surface area contributed by atoms with Gasteiger partial charge in [-0.25, -0.2) is 0 Å². The fraction of sp³-hybridized carbons (Fsp3) is 0.512. The summed E-state index contributed by atoms with van der Waals surface area (Å²) in [4.78, 5) is 112. The van der Waals surface area contributed by atoms with Gasteiger partial charge in [0.1, 0.15) is 40.8 Å². The van der Waals surface area contributed by atoms with Gasteiger partial charge in [0.2, 0.25) is 12.4 Å². The number of ether oxygens (including phenoxy) is 13. The summed E-state index contributed by atoms with van der Waals surface area (Å²) >= 11 is 0. The number of hydrogen-bond acceptors (Lipinski definition) is 22. The zero-order valence-corrected chi connectivity index (χ0v) is 36.7. The van der Waals surface area contributed by atoms with Crippen LogP contribution in [-0.4, -0.2) is 122 Å². The SMILES string of the molecule is CC(=O)Oc1ccc([C@@H]2CC(=O)c3c(OC(C)=O)cc(O[C@@H]4O[C@H](CO[C@@H]5O[C@@H](C)[C@H](OC(C)=O)[C@@H](OC(C)=O)[C@H]5OC(C)=O)[C@@H](OC(C)=O)[C@H](OC(C)=O)[C@H]4OC(C)=O)cc3O2)cc1. The molecule has 0 saturated carbocycles. The first kappa shape index (κ1) is 49.4. The number of Topliss-reactive ketones (excluding diaryl/α,β-unsaturated/α-hetero) is 1. The number of hydrogen-bond donors (Lipinski definition) is 0. The van der Waals surface area contributed by atoms with E-state index in [-0.39, 0.29) is 35.0 Å². The van der Waals surface area contributed by atoms with Crippen LogP contribution in [0.3, 0.4) is 0 Å². The Morgan fingerprint density at radius 1 is 0.554 bits per heavy atom. The van der Waals surface area contributed by atoms with Crippen LogP contribution in [0.4, 0.5) is 0 Å². The first-order chi connectivity index (χ1) is 30.6. The Kier molecular flexibility index (Phi) is 16.2. The molecular formula is C43H48O22. The Morgan fingerprint density at radius 2 is 1.05 bits per heavy atom. The molecule has 3 heterocycles. The molecule has 65 heavy (non-hydrogen) atoms. The summed E-state index contributed by atoms with van der Waals surface area (Å²) in [6, 6.07) is 8.65. The molecule has 11 atom stereocenters. The highest BCUT2D eigenvalue weighted by molar-refractivity contribution is 6.03. The van der Waals surface area contributed by atoms with Crippen molar-refractivity contribution in [2.24, 2.45) is 0 Å². The van der Waals surface area contributed by atoms with E-state index < -0.39 is 128 Å². The van der Waals surface area contributed by atoms with Crippen LogP contribution in [-0.2, 0) is 81.0 Å². The maximum absolute atomic E-state index is 13.7. The monoisotopic (exact) mass is 916 g/mol. The van der Waals surface area contributed by atoms with E-state index in [0.29, 0.717) is 5.56 Å². The maximum Gasteiger partial charge on any atom is 0.308 e. The second-order valence-electron chi connectivity index (χ2n) is 14.9. The van der Waals surface area contributed by atoms with Gasteiger partial charge >= 0.3 is 47.8 Å². The number of benzene rings is 2. The van der Waals surface area contributed by atoms with Crippen molar-refractivity contribution < 1.29 is 105 Å². The van der Waals surface area contributed by atoms with Crippen molar-refractivity contribution in [2.45, 2.75) is 136 Å². The average Bonchev–Trinajstić information content (AvgIpc) is 3.17. The number of carbonyl (C=O) groups excluding carboxylic acids is 9. The van der Waals surface area contributed by atoms with Gasteiger partial charge in [-0.1, -0.05) is 12.1 Å². The van der Waals surface area contributed by atoms with Gasteiger partial charge in [-0.05, 0) is 24.6 Å². The van der Waals surface area contributed by atoms with Gasteiger partial charge in [-0.2, -0.15) is 0 Å². The summed E-state index contributed by atoms with van der Waals surface area (Å²) in [5.41, 5.74) is 0.412. The lowest BCUT2D eigenvalue weighted by molar-refractivity contribution is -0.323. The van der Waals surface area contributed by atoms with E-state index in [1.165, 1.54) is 38.1 Å². The topological polar surface area (TPSA) is 274 Å². The van der Waals surface area contributed by atoms with Crippen molar-refractivity contribution in [3.8, 4) is 23.0 Å². The van der Waals surface area contributed by atoms with Gasteiger partial charge < -0.3 is 61.6 Å². The van der Waals surface area contributed by atoms with E-state index in [0.717, 1.165) is 48.5 Å². The quantitative estimate of drug-likeness (QED) is 0.150. The number of ketones is 1. The Balaban J connectivity index is 1.54. The lowest BCUT2D eigenvalue weighted by atomic mass is 9.95. The molecule has 0 spiro atoms. The smallest absolute Gasteiger partial charge is 0.308 e. The van der Waals surface area contributed by atoms with Gasteiger partial charge in [0.05, 0.1) is 19.1 Å². The van der Waals surface area contributed by atoms with Crippen molar-refractivity contribution in [3.05, 3.63) is 47.5 Å². The number of carbonyl (C=O) groups is 9. The zero-order chi connectivity index (χ0) is 47.9. The van der Waals surface area contributed by atoms with E-state index in [1.54, 1.807) is 12.1 Å². The highest BCUT2D eigenvalue weighted by Gasteiger charge is 2.55. The molecule has 3 aliphatic rings. The van der Waals surface area contributed by atoms with Crippen LogP contribution in [0.2, 0.25) is 0 Å². The zero-order valence-electron chi connectivity index (χ0n) is 36.7. The highest BCUT2D eigenvalue weighted by Crippen LogP contribution is 2.44. The van der Waals surface area contributed by atoms with Crippen LogP contribution in [0.5, 0.6) is 23.0 Å². The van der Waals surface area contributed by atoms with Gasteiger partial charge in [0.15, 0.2) is 42.6 Å². The van der Waals surface area contributed by atoms with Gasteiger partial charge in [-0.3, -0.25) is 43.2 Å². The van der Waals surface area contributed by atoms with Crippen LogP contribution in [0.25, 0.3) is 0 Å². The third kappa shape index (κ3) is 13.0. The molecule has 22 nitrogen and oxygen atoms in total. The summed E-state index contributed by atoms with van der Waals surface area (Å²) in [6.07, 6.45) is -16.3. The maximum atomic E-state index is 13.7. The first-order valence-corrected chi connectivity index (χ1v) is 20.1. The third-order valence-corrected chi connectivity index (χ3v) is 9.53. The largest absolute Gasteiger partial charge is 0.484 e. The molecule has 2 saturated heterocycles. The van der Waals surface area contributed by atoms with E-state index in [2.05, 4.69) is 0 Å². The molecule has 22 heteroatoms. The van der Waals surface area contributed by atoms with Gasteiger partial charge in [0, 0.05) is 67.5 Å². The highest BCUT2D eigenvalue weighted by atomic mass is 16.8. The first-order valence-electron chi connectivity index (χ1n) is 20.1. The molecule has 0 N–H and O–H groups in total. The summed E-state index contributed by atoms with van der Waals surface area (Å²) in [7, 11) is 0. The van der Waals surface area contributed by atoms with Crippen LogP contribution < -0.4 is 18.9 Å². The number of esters is 8. The van der Waals surface area contributed by atoms with Crippen LogP contribution >= 0.6 is 0 Å². The summed E-state index contributed by atoms with van der Waals surface area (Å²) in [5, 5.41) is 0. The minimum atomic E-state index is -1.78. The van der Waals surface area contributed by atoms with Gasteiger partial charge in [-0.15, -0.1) is 0 Å². The third-order valence-electron chi connectivity index (χ3n) is 9.53. The van der Waals surface area contributed by atoms with Crippen LogP contribution in [0.15, 0.2) is 36.4 Å². The number of fused-ring (bicyclic) bond motifs is 1. The number of rotatable bonds is 14. The van der Waals surface area contributed by atoms with Crippen molar-refractivity contribution in [3.63, 3.8) is 0 Å². The fourth-order valence-corrected chi connectivity index (χ4v) is 7.32. The molecule has 2 aromatic rings. The van der Waals surface area contributed by atoms with Crippen LogP contribution in [0, 0.1) is 0 Å². The molecule has 0 aliphatic carbocycles. The molecule has 0 aromatic heterocycles. The molecule has 5 rings (SSSR count). The Labute approximate surface area is 371 Å². The second kappa shape index (κ2) is 21.4. The molecule has 2 aromatic carbocycles. The van der Waals surface area contributed by atoms with Gasteiger partial charge in [0.25, 0.3) is 0 Å². The van der Waals surface area contributed by atoms with Crippen LogP contribution in [0.1, 0.15) is 90.8 Å². The summed E-state index contributed by atoms with van der Waals surface area (Å²) in [5.74, 6) is -7.37. The summed E-state index contributed by atoms with van der Waals surface area (Å²) < 4.78 is 74.4. The van der Waals surface area contributed by atoms with E-state index >= 15 is 0 Å². The minimum Gasteiger partial charge on any atom is -0.484 e. The molecule has 352 valence electrons. The molecule has 3 aliphatic heterocycles. The van der Waals surface area contributed by atoms with Crippen molar-refractivity contribution in [2.75, 3.05) is 6.61 Å². The molecular weight excluding hydrogens is 868 g/mol. The minimum absolute atomic E-state index is 0.104. The molecule has 2 fully saturated rings. The van der Waals surface area contributed by atoms with E-state index in [1.807, 2.05) is 0 Å². The molecule has 0 radical (unpaired) electrons. The Hall–Kier alpha value is -6.65. The fourth-order valence-electron chi connectivity index (χ4n) is 7.32. The molecule has 0 bridgehead atoms. The lowest BCUT2D eigenvalue weighted by Crippen LogP contribution is -2.64. The predicted molar refractivity (Wildman–Crippen MR) is 211 cm³/mol. The lowest BCUT2D eigenvalue weighted by Gasteiger charge is -2.46. The van der Waals surface area contributed by atoms with E-state index in [9.17, 15) is 43.2 Å². The Morgan fingerprint density at radius 3 is 1.58 bits per heavy atom. The molecule has 0 amide bonds. The predicted octanol–water partition coefficient (Wildman–Crippen LogP) is 2.70. The summed E-state index contributed by atoms with van der Waals surface area (Å²) in [6.45, 7) is 9.49. The normalized spacial score (nSPS) is 27.0. The second-order valence-corrected chi connectivity index (χ2v) is 14.9. The standard InChI is InChI=1S/C43H48O22/c1-18-36(57-21(4)46)38(59-23(6)48)40(61-25(8)50)42(54-18)53-17-34-37(58-22(5)47)39(60-24(7)49)41(62-26(9)51)43(65-34)63-29-14-32(56-20(3)45)35-30(52)16-31(64-33(35)15-29)27-10-12-28(13-11-27)55-19(2)44/h10-15,18,31,34,36-43H,16-17H2,1-9H3/t18-,31-,34+,36-,37+,38+,39-,40+,41+,42+,43+/m0/s1. The van der Waals surface area contributed by atoms with Crippen molar-refractivity contribution in [1.29, 1.82) is 0 Å². The van der Waals surface area contributed by atoms with E-state index in [4.69, 9.17) is 61.6 Å². The Bertz CT molecular complexity index is 2170. The molecule has 0 unspecified atom stereocenters. The van der Waals surface area contributed by atoms with Crippen molar-refractivity contribution >= 4 is 53.5 Å². The van der Waals surface area contributed by atoms with Crippen molar-refractivity contribution in [1.82, 2.24) is 0 Å².